The van der Waals surface area contributed by atoms with Gasteiger partial charge in [-0.1, -0.05) is 25.1 Å². The van der Waals surface area contributed by atoms with E-state index < -0.39 is 6.29 Å². The molecule has 2 aromatic rings. The van der Waals surface area contributed by atoms with Crippen molar-refractivity contribution in [2.75, 3.05) is 26.9 Å². The monoisotopic (exact) mass is 434 g/mol. The van der Waals surface area contributed by atoms with Crippen LogP contribution in [0.4, 0.5) is 0 Å². The van der Waals surface area contributed by atoms with Gasteiger partial charge >= 0.3 is 0 Å². The Labute approximate surface area is 184 Å². The summed E-state index contributed by atoms with van der Waals surface area (Å²) in [5, 5.41) is 10.9. The quantitative estimate of drug-likeness (QED) is 0.484. The molecule has 1 aromatic heterocycles. The molecule has 0 aliphatic heterocycles. The van der Waals surface area contributed by atoms with Gasteiger partial charge in [0.05, 0.1) is 32.5 Å². The molecular weight excluding hydrogens is 400 g/mol. The van der Waals surface area contributed by atoms with E-state index in [-0.39, 0.29) is 17.6 Å². The highest BCUT2D eigenvalue weighted by atomic mass is 16.7. The van der Waals surface area contributed by atoms with Crippen LogP contribution in [-0.4, -0.2) is 54.1 Å². The van der Waals surface area contributed by atoms with Gasteiger partial charge in [0, 0.05) is 13.2 Å². The van der Waals surface area contributed by atoms with Crippen LogP contribution < -0.4 is 14.8 Å². The maximum Gasteiger partial charge on any atom is 0.273 e. The van der Waals surface area contributed by atoms with Crippen LogP contribution >= 0.6 is 0 Å². The van der Waals surface area contributed by atoms with Crippen molar-refractivity contribution in [1.29, 1.82) is 0 Å². The fourth-order valence-electron chi connectivity index (χ4n) is 2.85. The molecule has 9 nitrogen and oxygen atoms in total. The summed E-state index contributed by atoms with van der Waals surface area (Å²) in [5.74, 6) is 1.40. The highest BCUT2D eigenvalue weighted by molar-refractivity contribution is 5.92. The molecule has 0 saturated heterocycles. The Hall–Kier alpha value is -2.65. The number of carbonyl (C=O) groups excluding carboxylic acids is 1. The lowest BCUT2D eigenvalue weighted by molar-refractivity contribution is -0.145. The van der Waals surface area contributed by atoms with Crippen molar-refractivity contribution in [2.45, 2.75) is 53.5 Å². The topological polar surface area (TPSA) is 96.7 Å². The van der Waals surface area contributed by atoms with Gasteiger partial charge in [-0.05, 0) is 44.4 Å². The average Bonchev–Trinajstić information content (AvgIpc) is 3.21. The minimum absolute atomic E-state index is 0.224. The fourth-order valence-corrected chi connectivity index (χ4v) is 2.85. The van der Waals surface area contributed by atoms with E-state index in [2.05, 4.69) is 29.5 Å². The summed E-state index contributed by atoms with van der Waals surface area (Å²) >= 11 is 0. The number of hydrogen-bond donors (Lipinski definition) is 1. The van der Waals surface area contributed by atoms with Crippen LogP contribution in [-0.2, 0) is 16.0 Å². The van der Waals surface area contributed by atoms with Gasteiger partial charge in [0.1, 0.15) is 0 Å². The van der Waals surface area contributed by atoms with E-state index in [4.69, 9.17) is 18.9 Å². The summed E-state index contributed by atoms with van der Waals surface area (Å²) in [5.41, 5.74) is 1.12. The number of hydrogen-bond acceptors (Lipinski definition) is 7. The number of aromatic nitrogens is 3. The number of benzene rings is 1. The molecular formula is C22H34N4O5. The van der Waals surface area contributed by atoms with Gasteiger partial charge in [0.25, 0.3) is 5.91 Å². The third kappa shape index (κ3) is 7.52. The third-order valence-corrected chi connectivity index (χ3v) is 4.42. The van der Waals surface area contributed by atoms with Crippen LogP contribution in [0.3, 0.4) is 0 Å². The van der Waals surface area contributed by atoms with Gasteiger partial charge in [-0.25, -0.2) is 4.68 Å². The second-order valence-electron chi connectivity index (χ2n) is 7.48. The van der Waals surface area contributed by atoms with E-state index >= 15 is 0 Å². The van der Waals surface area contributed by atoms with E-state index in [9.17, 15) is 4.79 Å². The Morgan fingerprint density at radius 2 is 1.84 bits per heavy atom. The molecule has 0 fully saturated rings. The van der Waals surface area contributed by atoms with Crippen LogP contribution in [0.5, 0.6) is 11.5 Å². The minimum atomic E-state index is -0.435. The molecule has 0 radical (unpaired) electrons. The van der Waals surface area contributed by atoms with Crippen molar-refractivity contribution >= 4 is 5.91 Å². The van der Waals surface area contributed by atoms with Crippen LogP contribution in [0.25, 0.3) is 0 Å². The lowest BCUT2D eigenvalue weighted by Gasteiger charge is -2.17. The molecule has 0 aliphatic carbocycles. The summed E-state index contributed by atoms with van der Waals surface area (Å²) in [6.07, 6.45) is 1.15. The maximum absolute atomic E-state index is 12.6. The second kappa shape index (κ2) is 12.3. The number of methoxy groups -OCH3 is 1. The Morgan fingerprint density at radius 3 is 2.45 bits per heavy atom. The maximum atomic E-state index is 12.6. The van der Waals surface area contributed by atoms with Crippen molar-refractivity contribution in [1.82, 2.24) is 20.3 Å². The Balaban J connectivity index is 2.01. The molecule has 31 heavy (non-hydrogen) atoms. The highest BCUT2D eigenvalue weighted by Crippen LogP contribution is 2.30. The molecule has 0 saturated carbocycles. The zero-order chi connectivity index (χ0) is 22.8. The van der Waals surface area contributed by atoms with Gasteiger partial charge in [-0.15, -0.1) is 5.10 Å². The fraction of sp³-hybridized carbons (Fsp3) is 0.591. The SMILES string of the molecule is CCOC(Cn1cc(C(=O)NC(C)c2ccc(OCC(C)C)c(OC)c2)nn1)OCC. The predicted molar refractivity (Wildman–Crippen MR) is 116 cm³/mol. The summed E-state index contributed by atoms with van der Waals surface area (Å²) in [4.78, 5) is 12.6. The van der Waals surface area contributed by atoms with Crippen LogP contribution in [0, 0.1) is 5.92 Å². The van der Waals surface area contributed by atoms with Gasteiger partial charge in [-0.3, -0.25) is 4.79 Å². The number of nitrogens with zero attached hydrogens (tertiary/aromatic N) is 3. The zero-order valence-corrected chi connectivity index (χ0v) is 19.3. The molecule has 1 heterocycles. The second-order valence-corrected chi connectivity index (χ2v) is 7.48. The smallest absolute Gasteiger partial charge is 0.273 e. The molecule has 1 aromatic carbocycles. The molecule has 1 atom stereocenters. The van der Waals surface area contributed by atoms with Crippen LogP contribution in [0.2, 0.25) is 0 Å². The molecule has 2 rings (SSSR count). The van der Waals surface area contributed by atoms with E-state index in [1.165, 1.54) is 0 Å². The summed E-state index contributed by atoms with van der Waals surface area (Å²) in [6, 6.07) is 5.38. The van der Waals surface area contributed by atoms with Gasteiger partial charge < -0.3 is 24.3 Å². The number of rotatable bonds is 13. The van der Waals surface area contributed by atoms with E-state index in [1.54, 1.807) is 18.0 Å². The molecule has 0 bridgehead atoms. The molecule has 1 N–H and O–H groups in total. The normalized spacial score (nSPS) is 12.3. The number of amides is 1. The third-order valence-electron chi connectivity index (χ3n) is 4.42. The first-order chi connectivity index (χ1) is 14.9. The Bertz CT molecular complexity index is 818. The van der Waals surface area contributed by atoms with Crippen molar-refractivity contribution in [3.05, 3.63) is 35.7 Å². The molecule has 0 spiro atoms. The van der Waals surface area contributed by atoms with Crippen molar-refractivity contribution in [3.63, 3.8) is 0 Å². The lowest BCUT2D eigenvalue weighted by atomic mass is 10.1. The summed E-state index contributed by atoms with van der Waals surface area (Å²) in [7, 11) is 1.60. The predicted octanol–water partition coefficient (Wildman–Crippen LogP) is 3.21. The van der Waals surface area contributed by atoms with E-state index in [0.29, 0.717) is 43.8 Å². The Morgan fingerprint density at radius 1 is 1.13 bits per heavy atom. The van der Waals surface area contributed by atoms with E-state index in [0.717, 1.165) is 5.56 Å². The van der Waals surface area contributed by atoms with Gasteiger partial charge in [0.2, 0.25) is 0 Å². The average molecular weight is 435 g/mol. The minimum Gasteiger partial charge on any atom is -0.493 e. The number of nitrogens with one attached hydrogen (secondary N) is 1. The van der Waals surface area contributed by atoms with Crippen molar-refractivity contribution < 1.29 is 23.7 Å². The van der Waals surface area contributed by atoms with Crippen molar-refractivity contribution in [2.24, 2.45) is 5.92 Å². The molecule has 1 amide bonds. The lowest BCUT2D eigenvalue weighted by Crippen LogP contribution is -2.27. The standard InChI is InChI=1S/C22H34N4O5/c1-7-29-21(30-8-2)13-26-12-18(24-25-26)22(27)23-16(5)17-9-10-19(20(11-17)28-6)31-14-15(3)4/h9-12,15-16,21H,7-8,13-14H2,1-6H3,(H,23,27). The first kappa shape index (κ1) is 24.6. The van der Waals surface area contributed by atoms with E-state index in [1.807, 2.05) is 39.0 Å². The zero-order valence-electron chi connectivity index (χ0n) is 19.3. The Kier molecular flexibility index (Phi) is 9.74. The molecule has 0 aliphatic rings. The van der Waals surface area contributed by atoms with Gasteiger partial charge in [0.15, 0.2) is 23.5 Å². The number of ether oxygens (including phenoxy) is 4. The summed E-state index contributed by atoms with van der Waals surface area (Å²) in [6.45, 7) is 11.9. The van der Waals surface area contributed by atoms with Crippen molar-refractivity contribution in [3.8, 4) is 11.5 Å². The molecule has 172 valence electrons. The first-order valence-corrected chi connectivity index (χ1v) is 10.6. The summed E-state index contributed by atoms with van der Waals surface area (Å²) < 4.78 is 23.8. The van der Waals surface area contributed by atoms with Crippen LogP contribution in [0.1, 0.15) is 56.7 Å². The van der Waals surface area contributed by atoms with Crippen LogP contribution in [0.15, 0.2) is 24.4 Å². The largest absolute Gasteiger partial charge is 0.493 e. The molecule has 1 unspecified atom stereocenters. The first-order valence-electron chi connectivity index (χ1n) is 10.6. The van der Waals surface area contributed by atoms with Gasteiger partial charge in [-0.2, -0.15) is 0 Å². The molecule has 9 heteroatoms. The number of carbonyl (C=O) groups is 1. The highest BCUT2D eigenvalue weighted by Gasteiger charge is 2.18.